The summed E-state index contributed by atoms with van der Waals surface area (Å²) in [6.07, 6.45) is 9.06. The molecule has 2 aromatic heterocycles. The molecule has 1 aliphatic carbocycles. The van der Waals surface area contributed by atoms with Crippen molar-refractivity contribution in [1.82, 2.24) is 19.5 Å². The molecule has 0 bridgehead atoms. The van der Waals surface area contributed by atoms with Crippen molar-refractivity contribution in [3.05, 3.63) is 30.5 Å². The molecule has 1 aliphatic rings. The summed E-state index contributed by atoms with van der Waals surface area (Å²) in [6.45, 7) is 5.55. The molecule has 26 heavy (non-hydrogen) atoms. The van der Waals surface area contributed by atoms with Gasteiger partial charge in [-0.15, -0.1) is 0 Å². The van der Waals surface area contributed by atoms with Crippen molar-refractivity contribution < 1.29 is 6.53 Å². The van der Waals surface area contributed by atoms with Crippen molar-refractivity contribution in [3.63, 3.8) is 0 Å². The van der Waals surface area contributed by atoms with E-state index in [1.165, 1.54) is 6.20 Å². The van der Waals surface area contributed by atoms with E-state index in [0.717, 1.165) is 25.8 Å². The first-order valence-electron chi connectivity index (χ1n) is 8.89. The van der Waals surface area contributed by atoms with E-state index in [2.05, 4.69) is 45.5 Å². The first-order chi connectivity index (χ1) is 12.5. The van der Waals surface area contributed by atoms with Crippen LogP contribution < -0.4 is 10.6 Å². The van der Waals surface area contributed by atoms with Gasteiger partial charge in [0.25, 0.3) is 0 Å². The molecule has 0 unspecified atom stereocenters. The number of nitriles is 1. The molecule has 0 saturated heterocycles. The Morgan fingerprint density at radius 1 is 1.46 bits per heavy atom. The molecule has 8 nitrogen and oxygen atoms in total. The Kier molecular flexibility index (Phi) is 5.38. The molecule has 0 aromatic carbocycles. The van der Waals surface area contributed by atoms with E-state index in [9.17, 15) is 10.4 Å². The highest BCUT2D eigenvalue weighted by atomic mass is 16.3. The first-order valence-corrected chi connectivity index (χ1v) is 8.89. The van der Waals surface area contributed by atoms with Crippen LogP contribution in [0.5, 0.6) is 0 Å². The fourth-order valence-electron chi connectivity index (χ4n) is 3.31. The van der Waals surface area contributed by atoms with Crippen LogP contribution in [-0.2, 0) is 6.54 Å². The molecular formula is C18H27N7O. The Labute approximate surface area is 154 Å². The largest absolute Gasteiger partial charge is 0.393 e. The van der Waals surface area contributed by atoms with E-state index in [1.54, 1.807) is 12.5 Å². The molecule has 3 N–H and O–H groups in total. The number of aromatic nitrogens is 4. The van der Waals surface area contributed by atoms with Crippen LogP contribution in [-0.4, -0.2) is 43.3 Å². The summed E-state index contributed by atoms with van der Waals surface area (Å²) >= 11 is 0. The van der Waals surface area contributed by atoms with Gasteiger partial charge >= 0.3 is 0 Å². The molecule has 0 aliphatic heterocycles. The molecule has 1 saturated carbocycles. The number of imidazole rings is 1. The normalized spacial score (nSPS) is 21.8. The molecular weight excluding hydrogens is 330 g/mol. The lowest BCUT2D eigenvalue weighted by Gasteiger charge is -2.40. The number of rotatable bonds is 6. The van der Waals surface area contributed by atoms with Crippen LogP contribution >= 0.6 is 0 Å². The van der Waals surface area contributed by atoms with Gasteiger partial charge in [-0.2, -0.15) is 10.2 Å². The zero-order chi connectivity index (χ0) is 18.6. The predicted octanol–water partition coefficient (Wildman–Crippen LogP) is 2.25. The maximum Gasteiger partial charge on any atom is 0.224 e. The second kappa shape index (κ2) is 7.70. The summed E-state index contributed by atoms with van der Waals surface area (Å²) in [5.41, 5.74) is 0.274. The Morgan fingerprint density at radius 2 is 2.31 bits per heavy atom. The summed E-state index contributed by atoms with van der Waals surface area (Å²) < 4.78 is 1.96. The van der Waals surface area contributed by atoms with Crippen molar-refractivity contribution in [2.75, 3.05) is 17.2 Å². The van der Waals surface area contributed by atoms with E-state index in [4.69, 9.17) is 0 Å². The van der Waals surface area contributed by atoms with E-state index < -0.39 is 0 Å². The highest BCUT2D eigenvalue weighted by molar-refractivity contribution is 5.54. The SMILES string of the molecule is CC1(C)C[C@H](Nc2nc(NCCn3ccnc3)ncc2C#N)CC[C@@H]1O.[HH]. The van der Waals surface area contributed by atoms with Gasteiger partial charge < -0.3 is 20.3 Å². The minimum Gasteiger partial charge on any atom is -0.393 e. The predicted molar refractivity (Wildman–Crippen MR) is 101 cm³/mol. The van der Waals surface area contributed by atoms with Gasteiger partial charge in [-0.25, -0.2) is 9.97 Å². The Hall–Kier alpha value is -2.66. The van der Waals surface area contributed by atoms with Gasteiger partial charge in [0.2, 0.25) is 5.95 Å². The summed E-state index contributed by atoms with van der Waals surface area (Å²) in [5.74, 6) is 1.03. The van der Waals surface area contributed by atoms with Crippen LogP contribution in [0, 0.1) is 16.7 Å². The maximum absolute atomic E-state index is 10.1. The molecule has 0 radical (unpaired) electrons. The number of aliphatic hydroxyl groups excluding tert-OH is 1. The van der Waals surface area contributed by atoms with Crippen molar-refractivity contribution in [3.8, 4) is 6.07 Å². The summed E-state index contributed by atoms with van der Waals surface area (Å²) in [6, 6.07) is 2.32. The lowest BCUT2D eigenvalue weighted by atomic mass is 9.73. The third-order valence-corrected chi connectivity index (χ3v) is 4.93. The molecule has 0 amide bonds. The quantitative estimate of drug-likeness (QED) is 0.727. The average Bonchev–Trinajstić information content (AvgIpc) is 3.12. The van der Waals surface area contributed by atoms with Crippen LogP contribution in [0.25, 0.3) is 0 Å². The van der Waals surface area contributed by atoms with Gasteiger partial charge in [-0.3, -0.25) is 0 Å². The fourth-order valence-corrected chi connectivity index (χ4v) is 3.31. The van der Waals surface area contributed by atoms with Gasteiger partial charge in [0.15, 0.2) is 0 Å². The summed E-state index contributed by atoms with van der Waals surface area (Å²) in [4.78, 5) is 12.7. The first kappa shape index (κ1) is 18.1. The zero-order valence-corrected chi connectivity index (χ0v) is 15.2. The highest BCUT2D eigenvalue weighted by Gasteiger charge is 2.35. The number of nitrogens with zero attached hydrogens (tertiary/aromatic N) is 5. The number of aliphatic hydroxyl groups is 1. The molecule has 2 heterocycles. The van der Waals surface area contributed by atoms with Crippen molar-refractivity contribution in [2.24, 2.45) is 5.41 Å². The molecule has 140 valence electrons. The standard InChI is InChI=1S/C18H25N7O.H2/c1-18(2)9-14(3-4-15(18)26)23-16-13(10-19)11-22-17(24-16)21-6-8-25-7-5-20-12-25;/h5,7,11-12,14-15,26H,3-4,6,8-9H2,1-2H3,(H2,21,22,23,24);1H/t14-,15+;/m1./s1. The average molecular weight is 357 g/mol. The van der Waals surface area contributed by atoms with Gasteiger partial charge in [-0.1, -0.05) is 13.8 Å². The lowest BCUT2D eigenvalue weighted by molar-refractivity contribution is 0.00926. The minimum atomic E-state index is -0.290. The molecule has 2 atom stereocenters. The van der Waals surface area contributed by atoms with Crippen molar-refractivity contribution in [1.29, 1.82) is 5.26 Å². The summed E-state index contributed by atoms with van der Waals surface area (Å²) in [5, 5.41) is 26.0. The van der Waals surface area contributed by atoms with Gasteiger partial charge in [0.1, 0.15) is 17.5 Å². The second-order valence-corrected chi connectivity index (χ2v) is 7.42. The number of hydrogen-bond donors (Lipinski definition) is 3. The minimum absolute atomic E-state index is 0. The van der Waals surface area contributed by atoms with Gasteiger partial charge in [0.05, 0.1) is 18.6 Å². The van der Waals surface area contributed by atoms with E-state index in [0.29, 0.717) is 23.9 Å². The number of anilines is 2. The Morgan fingerprint density at radius 3 is 3.00 bits per heavy atom. The van der Waals surface area contributed by atoms with E-state index in [1.807, 2.05) is 10.8 Å². The second-order valence-electron chi connectivity index (χ2n) is 7.42. The number of hydrogen-bond acceptors (Lipinski definition) is 7. The van der Waals surface area contributed by atoms with Crippen molar-refractivity contribution in [2.45, 2.75) is 51.8 Å². The molecule has 3 rings (SSSR count). The maximum atomic E-state index is 10.1. The van der Waals surface area contributed by atoms with Gasteiger partial charge in [-0.05, 0) is 24.7 Å². The van der Waals surface area contributed by atoms with E-state index in [-0.39, 0.29) is 19.0 Å². The van der Waals surface area contributed by atoms with Crippen LogP contribution in [0.2, 0.25) is 0 Å². The van der Waals surface area contributed by atoms with Crippen LogP contribution in [0.15, 0.2) is 24.9 Å². The number of nitrogens with one attached hydrogen (secondary N) is 2. The Balaban J connectivity index is 0.00000261. The Bertz CT molecular complexity index is 773. The van der Waals surface area contributed by atoms with E-state index >= 15 is 0 Å². The van der Waals surface area contributed by atoms with Crippen LogP contribution in [0.1, 0.15) is 40.1 Å². The summed E-state index contributed by atoms with van der Waals surface area (Å²) in [7, 11) is 0. The zero-order valence-electron chi connectivity index (χ0n) is 15.2. The highest BCUT2D eigenvalue weighted by Crippen LogP contribution is 2.36. The van der Waals surface area contributed by atoms with Crippen LogP contribution in [0.3, 0.4) is 0 Å². The smallest absolute Gasteiger partial charge is 0.224 e. The molecule has 0 spiro atoms. The van der Waals surface area contributed by atoms with Crippen molar-refractivity contribution >= 4 is 11.8 Å². The molecule has 1 fully saturated rings. The third kappa shape index (κ3) is 4.29. The topological polar surface area (TPSA) is 112 Å². The molecule has 2 aromatic rings. The van der Waals surface area contributed by atoms with Crippen LogP contribution in [0.4, 0.5) is 11.8 Å². The fraction of sp³-hybridized carbons (Fsp3) is 0.556. The molecule has 8 heteroatoms. The van der Waals surface area contributed by atoms with Gasteiger partial charge in [0, 0.05) is 33.0 Å². The third-order valence-electron chi connectivity index (χ3n) is 4.93. The monoisotopic (exact) mass is 357 g/mol. The lowest BCUT2D eigenvalue weighted by Crippen LogP contribution is -2.41.